The number of phenolic OH excluding ortho intramolecular Hbond substituents is 1. The molecular formula is C13H17Br2NO3. The fraction of sp³-hybridized carbons (Fsp3) is 0.462. The van der Waals surface area contributed by atoms with Crippen LogP contribution in [0, 0.1) is 0 Å². The number of phenols is 1. The second-order valence-corrected chi connectivity index (χ2v) is 5.70. The third kappa shape index (κ3) is 5.93. The number of carbonyl (C=O) groups excluding carboxylic acids is 1. The molecule has 1 aromatic carbocycles. The molecule has 0 heterocycles. The van der Waals surface area contributed by atoms with Gasteiger partial charge in [-0.15, -0.1) is 0 Å². The lowest BCUT2D eigenvalue weighted by molar-refractivity contribution is -0.143. The van der Waals surface area contributed by atoms with Gasteiger partial charge in [0.25, 0.3) is 0 Å². The highest BCUT2D eigenvalue weighted by atomic mass is 79.9. The van der Waals surface area contributed by atoms with Gasteiger partial charge in [-0.25, -0.2) is 0 Å². The minimum absolute atomic E-state index is 0.153. The van der Waals surface area contributed by atoms with Crippen LogP contribution in [-0.2, 0) is 16.1 Å². The first-order chi connectivity index (χ1) is 9.04. The maximum absolute atomic E-state index is 11.1. The standard InChI is InChI=1S/C13H17Br2NO3/c1-2-19-12(17)4-3-5-16-8-9-6-10(14)13(18)11(15)7-9/h6-7,16,18H,2-5,8H2,1H3. The normalized spacial score (nSPS) is 10.5. The average molecular weight is 395 g/mol. The number of ether oxygens (including phenoxy) is 1. The zero-order chi connectivity index (χ0) is 14.3. The highest BCUT2D eigenvalue weighted by Crippen LogP contribution is 2.33. The lowest BCUT2D eigenvalue weighted by Crippen LogP contribution is -2.16. The van der Waals surface area contributed by atoms with E-state index < -0.39 is 0 Å². The van der Waals surface area contributed by atoms with Crippen molar-refractivity contribution in [1.29, 1.82) is 0 Å². The molecule has 0 aromatic heterocycles. The van der Waals surface area contributed by atoms with Crippen molar-refractivity contribution >= 4 is 37.8 Å². The maximum atomic E-state index is 11.1. The van der Waals surface area contributed by atoms with E-state index >= 15 is 0 Å². The molecule has 0 spiro atoms. The van der Waals surface area contributed by atoms with Crippen molar-refractivity contribution in [3.63, 3.8) is 0 Å². The van der Waals surface area contributed by atoms with Gasteiger partial charge in [-0.05, 0) is 69.4 Å². The molecule has 4 nitrogen and oxygen atoms in total. The van der Waals surface area contributed by atoms with Crippen molar-refractivity contribution in [3.05, 3.63) is 26.6 Å². The van der Waals surface area contributed by atoms with Gasteiger partial charge in [-0.2, -0.15) is 0 Å². The summed E-state index contributed by atoms with van der Waals surface area (Å²) in [6.07, 6.45) is 1.18. The van der Waals surface area contributed by atoms with Crippen LogP contribution in [0.2, 0.25) is 0 Å². The van der Waals surface area contributed by atoms with E-state index in [0.29, 0.717) is 28.5 Å². The minimum Gasteiger partial charge on any atom is -0.506 e. The molecule has 0 aliphatic carbocycles. The van der Waals surface area contributed by atoms with E-state index in [4.69, 9.17) is 4.74 Å². The summed E-state index contributed by atoms with van der Waals surface area (Å²) < 4.78 is 6.16. The van der Waals surface area contributed by atoms with Crippen LogP contribution in [0.25, 0.3) is 0 Å². The molecule has 106 valence electrons. The fourth-order valence-corrected chi connectivity index (χ4v) is 2.82. The Bertz CT molecular complexity index is 415. The number of hydrogen-bond donors (Lipinski definition) is 2. The van der Waals surface area contributed by atoms with E-state index in [0.717, 1.165) is 18.5 Å². The second kappa shape index (κ2) is 8.55. The van der Waals surface area contributed by atoms with Crippen LogP contribution in [0.5, 0.6) is 5.75 Å². The summed E-state index contributed by atoms with van der Waals surface area (Å²) in [4.78, 5) is 11.1. The first-order valence-electron chi connectivity index (χ1n) is 6.07. The largest absolute Gasteiger partial charge is 0.506 e. The number of hydrogen-bond acceptors (Lipinski definition) is 4. The zero-order valence-corrected chi connectivity index (χ0v) is 13.9. The van der Waals surface area contributed by atoms with Gasteiger partial charge < -0.3 is 15.2 Å². The van der Waals surface area contributed by atoms with Crippen LogP contribution in [-0.4, -0.2) is 24.2 Å². The Morgan fingerprint density at radius 1 is 1.37 bits per heavy atom. The summed E-state index contributed by atoms with van der Waals surface area (Å²) in [6.45, 7) is 3.66. The number of esters is 1. The molecule has 0 unspecified atom stereocenters. The summed E-state index contributed by atoms with van der Waals surface area (Å²) in [5.74, 6) is 0.0467. The molecule has 6 heteroatoms. The molecule has 19 heavy (non-hydrogen) atoms. The molecule has 0 aliphatic rings. The molecule has 1 aromatic rings. The zero-order valence-electron chi connectivity index (χ0n) is 10.7. The lowest BCUT2D eigenvalue weighted by Gasteiger charge is -2.07. The van der Waals surface area contributed by atoms with Gasteiger partial charge in [-0.3, -0.25) is 4.79 Å². The number of carbonyl (C=O) groups is 1. The van der Waals surface area contributed by atoms with Crippen molar-refractivity contribution in [2.75, 3.05) is 13.2 Å². The third-order valence-electron chi connectivity index (χ3n) is 2.45. The SMILES string of the molecule is CCOC(=O)CCCNCc1cc(Br)c(O)c(Br)c1. The highest BCUT2D eigenvalue weighted by Gasteiger charge is 2.06. The summed E-state index contributed by atoms with van der Waals surface area (Å²) in [5, 5.41) is 12.8. The van der Waals surface area contributed by atoms with Gasteiger partial charge >= 0.3 is 5.97 Å². The van der Waals surface area contributed by atoms with Crippen LogP contribution in [0.4, 0.5) is 0 Å². The monoisotopic (exact) mass is 393 g/mol. The van der Waals surface area contributed by atoms with Crippen LogP contribution < -0.4 is 5.32 Å². The van der Waals surface area contributed by atoms with E-state index in [-0.39, 0.29) is 11.7 Å². The summed E-state index contributed by atoms with van der Waals surface area (Å²) >= 11 is 6.57. The van der Waals surface area contributed by atoms with Crippen molar-refractivity contribution in [3.8, 4) is 5.75 Å². The predicted molar refractivity (Wildman–Crippen MR) is 81.1 cm³/mol. The maximum Gasteiger partial charge on any atom is 0.305 e. The van der Waals surface area contributed by atoms with Crippen molar-refractivity contribution in [2.24, 2.45) is 0 Å². The average Bonchev–Trinajstić information content (AvgIpc) is 2.35. The predicted octanol–water partition coefficient (Wildman–Crippen LogP) is 3.35. The smallest absolute Gasteiger partial charge is 0.305 e. The van der Waals surface area contributed by atoms with Crippen LogP contribution in [0.15, 0.2) is 21.1 Å². The minimum atomic E-state index is -0.153. The van der Waals surface area contributed by atoms with E-state index in [1.807, 2.05) is 12.1 Å². The molecular weight excluding hydrogens is 378 g/mol. The van der Waals surface area contributed by atoms with Gasteiger partial charge in [0.15, 0.2) is 0 Å². The first kappa shape index (κ1) is 16.5. The van der Waals surface area contributed by atoms with Gasteiger partial charge in [-0.1, -0.05) is 0 Å². The molecule has 0 aliphatic heterocycles. The Morgan fingerprint density at radius 2 is 2.00 bits per heavy atom. The summed E-state index contributed by atoms with van der Waals surface area (Å²) in [6, 6.07) is 3.72. The number of halogens is 2. The summed E-state index contributed by atoms with van der Waals surface area (Å²) in [7, 11) is 0. The van der Waals surface area contributed by atoms with Crippen molar-refractivity contribution < 1.29 is 14.6 Å². The molecule has 1 rings (SSSR count). The molecule has 0 atom stereocenters. The highest BCUT2D eigenvalue weighted by molar-refractivity contribution is 9.11. The Labute approximate surface area is 129 Å². The Kier molecular flexibility index (Phi) is 7.41. The molecule has 0 radical (unpaired) electrons. The van der Waals surface area contributed by atoms with Gasteiger partial charge in [0.05, 0.1) is 15.6 Å². The van der Waals surface area contributed by atoms with Crippen LogP contribution >= 0.6 is 31.9 Å². The number of aromatic hydroxyl groups is 1. The Morgan fingerprint density at radius 3 is 2.58 bits per heavy atom. The fourth-order valence-electron chi connectivity index (χ4n) is 1.54. The van der Waals surface area contributed by atoms with E-state index in [2.05, 4.69) is 37.2 Å². The Balaban J connectivity index is 2.28. The quantitative estimate of drug-likeness (QED) is 0.550. The summed E-state index contributed by atoms with van der Waals surface area (Å²) in [5.41, 5.74) is 1.05. The van der Waals surface area contributed by atoms with Gasteiger partial charge in [0.2, 0.25) is 0 Å². The molecule has 0 fully saturated rings. The van der Waals surface area contributed by atoms with E-state index in [9.17, 15) is 9.90 Å². The lowest BCUT2D eigenvalue weighted by atomic mass is 10.2. The Hall–Kier alpha value is -0.590. The van der Waals surface area contributed by atoms with Gasteiger partial charge in [0, 0.05) is 13.0 Å². The molecule has 0 saturated carbocycles. The molecule has 0 saturated heterocycles. The second-order valence-electron chi connectivity index (χ2n) is 3.99. The molecule has 0 bridgehead atoms. The molecule has 0 amide bonds. The third-order valence-corrected chi connectivity index (χ3v) is 3.65. The van der Waals surface area contributed by atoms with Crippen molar-refractivity contribution in [1.82, 2.24) is 5.32 Å². The van der Waals surface area contributed by atoms with E-state index in [1.54, 1.807) is 6.92 Å². The van der Waals surface area contributed by atoms with Gasteiger partial charge in [0.1, 0.15) is 5.75 Å². The van der Waals surface area contributed by atoms with Crippen molar-refractivity contribution in [2.45, 2.75) is 26.3 Å². The topological polar surface area (TPSA) is 58.6 Å². The van der Waals surface area contributed by atoms with Crippen LogP contribution in [0.3, 0.4) is 0 Å². The molecule has 2 N–H and O–H groups in total. The van der Waals surface area contributed by atoms with E-state index in [1.165, 1.54) is 0 Å². The number of rotatable bonds is 7. The van der Waals surface area contributed by atoms with Crippen LogP contribution in [0.1, 0.15) is 25.3 Å². The number of nitrogens with one attached hydrogen (secondary N) is 1. The number of benzene rings is 1. The first-order valence-corrected chi connectivity index (χ1v) is 7.66.